The van der Waals surface area contributed by atoms with Crippen LogP contribution in [0, 0.1) is 5.82 Å². The first-order valence-corrected chi connectivity index (χ1v) is 7.03. The zero-order chi connectivity index (χ0) is 12.4. The highest BCUT2D eigenvalue weighted by Crippen LogP contribution is 2.37. The molecule has 0 aliphatic heterocycles. The first-order valence-electron chi connectivity index (χ1n) is 4.63. The molecular weight excluding hydrogens is 373 g/mol. The van der Waals surface area contributed by atoms with E-state index in [0.717, 1.165) is 19.3 Å². The van der Waals surface area contributed by atoms with Gasteiger partial charge in [-0.2, -0.15) is 0 Å². The number of rotatable bonds is 3. The Hall–Kier alpha value is -0.340. The number of pyridine rings is 1. The molecule has 3 N–H and O–H groups in total. The number of aromatic nitrogens is 1. The fraction of sp³-hybridized carbons (Fsp3) is 0.100. The maximum atomic E-state index is 13.1. The molecule has 1 unspecified atom stereocenters. The Morgan fingerprint density at radius 1 is 1.35 bits per heavy atom. The molecule has 2 aromatic heterocycles. The smallest absolute Gasteiger partial charge is 0.141 e. The van der Waals surface area contributed by atoms with Crippen molar-refractivity contribution in [3.8, 4) is 0 Å². The lowest BCUT2D eigenvalue weighted by atomic mass is 10.1. The maximum absolute atomic E-state index is 13.1. The summed E-state index contributed by atoms with van der Waals surface area (Å²) in [5.41, 5.74) is 3.35. The van der Waals surface area contributed by atoms with Crippen LogP contribution in [-0.4, -0.2) is 4.98 Å². The van der Waals surface area contributed by atoms with Crippen molar-refractivity contribution in [2.45, 2.75) is 6.04 Å². The molecule has 90 valence electrons. The van der Waals surface area contributed by atoms with Gasteiger partial charge >= 0.3 is 0 Å². The summed E-state index contributed by atoms with van der Waals surface area (Å²) in [4.78, 5) is 4.79. The number of nitrogens with two attached hydrogens (primary N) is 1. The summed E-state index contributed by atoms with van der Waals surface area (Å²) in [6.07, 6.45) is 2.76. The van der Waals surface area contributed by atoms with Crippen molar-refractivity contribution in [1.29, 1.82) is 0 Å². The molecule has 0 aromatic carbocycles. The second-order valence-corrected chi connectivity index (χ2v) is 6.56. The highest BCUT2D eigenvalue weighted by Gasteiger charge is 2.17. The van der Waals surface area contributed by atoms with Gasteiger partial charge < -0.3 is 0 Å². The molecule has 2 heterocycles. The van der Waals surface area contributed by atoms with Gasteiger partial charge in [-0.15, -0.1) is 11.3 Å². The van der Waals surface area contributed by atoms with Gasteiger partial charge in [0, 0.05) is 15.5 Å². The fourth-order valence-corrected chi connectivity index (χ4v) is 3.61. The highest BCUT2D eigenvalue weighted by molar-refractivity contribution is 9.13. The minimum atomic E-state index is -0.377. The number of hydrogen-bond acceptors (Lipinski definition) is 4. The van der Waals surface area contributed by atoms with Crippen LogP contribution in [0.4, 0.5) is 4.39 Å². The van der Waals surface area contributed by atoms with E-state index in [0.29, 0.717) is 5.56 Å². The Balaban J connectivity index is 2.39. The van der Waals surface area contributed by atoms with Crippen LogP contribution in [0.3, 0.4) is 0 Å². The van der Waals surface area contributed by atoms with Crippen LogP contribution < -0.4 is 11.3 Å². The minimum Gasteiger partial charge on any atom is -0.271 e. The number of halogens is 3. The standard InChI is InChI=1S/C10H8Br2FN3S/c11-7-2-8(17-10(7)12)9(16-14)5-1-6(13)4-15-3-5/h1-4,9,16H,14H2. The molecule has 0 saturated heterocycles. The fourth-order valence-electron chi connectivity index (χ4n) is 1.43. The highest BCUT2D eigenvalue weighted by atomic mass is 79.9. The molecule has 0 fully saturated rings. The third-order valence-electron chi connectivity index (χ3n) is 2.17. The lowest BCUT2D eigenvalue weighted by molar-refractivity contribution is 0.601. The number of hydrazine groups is 1. The van der Waals surface area contributed by atoms with Crippen molar-refractivity contribution in [3.63, 3.8) is 0 Å². The van der Waals surface area contributed by atoms with Crippen LogP contribution >= 0.6 is 43.2 Å². The van der Waals surface area contributed by atoms with E-state index < -0.39 is 0 Å². The van der Waals surface area contributed by atoms with Crippen LogP contribution in [0.5, 0.6) is 0 Å². The molecule has 0 bridgehead atoms. The second kappa shape index (κ2) is 5.53. The molecular formula is C10H8Br2FN3S. The van der Waals surface area contributed by atoms with Crippen molar-refractivity contribution in [3.05, 3.63) is 49.0 Å². The van der Waals surface area contributed by atoms with Crippen molar-refractivity contribution in [2.75, 3.05) is 0 Å². The summed E-state index contributed by atoms with van der Waals surface area (Å²) in [5.74, 6) is 5.14. The molecule has 2 aromatic rings. The van der Waals surface area contributed by atoms with Crippen molar-refractivity contribution in [1.82, 2.24) is 10.4 Å². The zero-order valence-electron chi connectivity index (χ0n) is 8.45. The SMILES string of the molecule is NNC(c1cncc(F)c1)c1cc(Br)c(Br)s1. The third-order valence-corrected chi connectivity index (χ3v) is 5.50. The summed E-state index contributed by atoms with van der Waals surface area (Å²) in [7, 11) is 0. The number of nitrogens with zero attached hydrogens (tertiary/aromatic N) is 1. The van der Waals surface area contributed by atoms with Crippen molar-refractivity contribution < 1.29 is 4.39 Å². The zero-order valence-corrected chi connectivity index (χ0v) is 12.4. The van der Waals surface area contributed by atoms with Crippen LogP contribution in [-0.2, 0) is 0 Å². The molecule has 0 aliphatic rings. The third kappa shape index (κ3) is 2.92. The number of thiophene rings is 1. The molecule has 2 rings (SSSR count). The summed E-state index contributed by atoms with van der Waals surface area (Å²) in [6.45, 7) is 0. The largest absolute Gasteiger partial charge is 0.271 e. The van der Waals surface area contributed by atoms with Crippen LogP contribution in [0.15, 0.2) is 32.8 Å². The van der Waals surface area contributed by atoms with Gasteiger partial charge in [0.2, 0.25) is 0 Å². The molecule has 3 nitrogen and oxygen atoms in total. The van der Waals surface area contributed by atoms with E-state index in [9.17, 15) is 4.39 Å². The van der Waals surface area contributed by atoms with Crippen LogP contribution in [0.2, 0.25) is 0 Å². The lowest BCUT2D eigenvalue weighted by Gasteiger charge is -2.13. The summed E-state index contributed by atoms with van der Waals surface area (Å²) in [6, 6.07) is 3.08. The number of hydrogen-bond donors (Lipinski definition) is 2. The van der Waals surface area contributed by atoms with E-state index in [1.54, 1.807) is 6.20 Å². The van der Waals surface area contributed by atoms with Crippen molar-refractivity contribution in [2.24, 2.45) is 5.84 Å². The Labute approximate surface area is 118 Å². The van der Waals surface area contributed by atoms with E-state index in [4.69, 9.17) is 5.84 Å². The Morgan fingerprint density at radius 3 is 2.65 bits per heavy atom. The lowest BCUT2D eigenvalue weighted by Crippen LogP contribution is -2.28. The predicted octanol–water partition coefficient (Wildman–Crippen LogP) is 3.36. The van der Waals surface area contributed by atoms with Crippen LogP contribution in [0.1, 0.15) is 16.5 Å². The number of nitrogens with one attached hydrogen (secondary N) is 1. The van der Waals surface area contributed by atoms with Gasteiger partial charge in [0.15, 0.2) is 0 Å². The monoisotopic (exact) mass is 379 g/mol. The van der Waals surface area contributed by atoms with Gasteiger partial charge in [-0.1, -0.05) is 0 Å². The normalized spacial score (nSPS) is 12.7. The predicted molar refractivity (Wildman–Crippen MR) is 73.1 cm³/mol. The topological polar surface area (TPSA) is 50.9 Å². The van der Waals surface area contributed by atoms with Crippen LogP contribution in [0.25, 0.3) is 0 Å². The van der Waals surface area contributed by atoms with E-state index in [-0.39, 0.29) is 11.9 Å². The Bertz CT molecular complexity index is 513. The first kappa shape index (κ1) is 13.1. The molecule has 17 heavy (non-hydrogen) atoms. The van der Waals surface area contributed by atoms with Gasteiger partial charge in [-0.3, -0.25) is 10.8 Å². The molecule has 1 atom stereocenters. The van der Waals surface area contributed by atoms with Gasteiger partial charge in [0.05, 0.1) is 16.0 Å². The molecule has 0 radical (unpaired) electrons. The summed E-state index contributed by atoms with van der Waals surface area (Å²) < 4.78 is 15.0. The molecule has 0 saturated carbocycles. The summed E-state index contributed by atoms with van der Waals surface area (Å²) in [5, 5.41) is 0. The van der Waals surface area contributed by atoms with E-state index >= 15 is 0 Å². The van der Waals surface area contributed by atoms with E-state index in [2.05, 4.69) is 42.3 Å². The second-order valence-electron chi connectivity index (χ2n) is 3.31. The summed E-state index contributed by atoms with van der Waals surface area (Å²) >= 11 is 8.34. The molecule has 0 aliphatic carbocycles. The Kier molecular flexibility index (Phi) is 4.26. The first-order chi connectivity index (χ1) is 8.11. The quantitative estimate of drug-likeness (QED) is 0.634. The minimum absolute atomic E-state index is 0.272. The average Bonchev–Trinajstić information content (AvgIpc) is 2.60. The van der Waals surface area contributed by atoms with Gasteiger partial charge in [0.25, 0.3) is 0 Å². The van der Waals surface area contributed by atoms with E-state index in [1.165, 1.54) is 17.4 Å². The van der Waals surface area contributed by atoms with E-state index in [1.807, 2.05) is 6.07 Å². The van der Waals surface area contributed by atoms with Crippen molar-refractivity contribution >= 4 is 43.2 Å². The van der Waals surface area contributed by atoms with Gasteiger partial charge in [0.1, 0.15) is 5.82 Å². The average molecular weight is 381 g/mol. The Morgan fingerprint density at radius 2 is 2.12 bits per heavy atom. The van der Waals surface area contributed by atoms with Gasteiger partial charge in [-0.25, -0.2) is 9.82 Å². The molecule has 7 heteroatoms. The molecule has 0 spiro atoms. The van der Waals surface area contributed by atoms with Gasteiger partial charge in [-0.05, 0) is 49.6 Å². The maximum Gasteiger partial charge on any atom is 0.141 e. The molecule has 0 amide bonds.